The number of aliphatic hydroxyl groups excluding tert-OH is 1. The van der Waals surface area contributed by atoms with E-state index in [1.807, 2.05) is 0 Å². The van der Waals surface area contributed by atoms with Crippen LogP contribution in [0.5, 0.6) is 0 Å². The van der Waals surface area contributed by atoms with Gasteiger partial charge >= 0.3 is 0 Å². The first-order valence-electron chi connectivity index (χ1n) is 4.52. The van der Waals surface area contributed by atoms with Crippen LogP contribution in [0.1, 0.15) is 12.6 Å². The zero-order valence-corrected chi connectivity index (χ0v) is 8.65. The Hall–Kier alpha value is -1.69. The smallest absolute Gasteiger partial charge is 0.292 e. The number of rotatable bonds is 4. The SMILES string of the molecule is CC(=O)C(=O)Nc1cc(C)nn1CCO. The minimum absolute atomic E-state index is 0.0793. The van der Waals surface area contributed by atoms with Gasteiger partial charge in [0.2, 0.25) is 5.78 Å². The van der Waals surface area contributed by atoms with Crippen molar-refractivity contribution in [1.82, 2.24) is 9.78 Å². The van der Waals surface area contributed by atoms with E-state index in [1.54, 1.807) is 13.0 Å². The van der Waals surface area contributed by atoms with Crippen molar-refractivity contribution in [3.05, 3.63) is 11.8 Å². The predicted octanol–water partition coefficient (Wildman–Crippen LogP) is -0.289. The lowest BCUT2D eigenvalue weighted by atomic mass is 10.4. The van der Waals surface area contributed by atoms with Gasteiger partial charge in [-0.25, -0.2) is 4.68 Å². The third kappa shape index (κ3) is 2.88. The average molecular weight is 211 g/mol. The standard InChI is InChI=1S/C9H13N3O3/c1-6-5-8(10-9(15)7(2)14)12(11-6)3-4-13/h5,13H,3-4H2,1-2H3,(H,10,15). The Morgan fingerprint density at radius 2 is 2.27 bits per heavy atom. The van der Waals surface area contributed by atoms with E-state index < -0.39 is 11.7 Å². The number of hydrogen-bond donors (Lipinski definition) is 2. The molecule has 0 aliphatic rings. The largest absolute Gasteiger partial charge is 0.394 e. The maximum absolute atomic E-state index is 11.1. The highest BCUT2D eigenvalue weighted by molar-refractivity contribution is 6.39. The molecule has 0 saturated carbocycles. The number of anilines is 1. The van der Waals surface area contributed by atoms with Crippen molar-refractivity contribution < 1.29 is 14.7 Å². The molecule has 0 aliphatic carbocycles. The maximum atomic E-state index is 11.1. The van der Waals surface area contributed by atoms with Crippen LogP contribution in [0.25, 0.3) is 0 Å². The summed E-state index contributed by atoms with van der Waals surface area (Å²) in [6, 6.07) is 1.64. The van der Waals surface area contributed by atoms with Gasteiger partial charge in [-0.3, -0.25) is 9.59 Å². The molecule has 6 heteroatoms. The van der Waals surface area contributed by atoms with Crippen molar-refractivity contribution in [2.24, 2.45) is 0 Å². The molecule has 1 aromatic heterocycles. The third-order valence-corrected chi connectivity index (χ3v) is 1.78. The molecule has 0 saturated heterocycles. The summed E-state index contributed by atoms with van der Waals surface area (Å²) < 4.78 is 1.44. The van der Waals surface area contributed by atoms with E-state index in [2.05, 4.69) is 10.4 Å². The Bertz CT molecular complexity index is 384. The van der Waals surface area contributed by atoms with E-state index in [-0.39, 0.29) is 13.2 Å². The van der Waals surface area contributed by atoms with E-state index in [0.717, 1.165) is 0 Å². The van der Waals surface area contributed by atoms with Gasteiger partial charge in [-0.15, -0.1) is 0 Å². The molecular weight excluding hydrogens is 198 g/mol. The van der Waals surface area contributed by atoms with Crippen LogP contribution in [-0.4, -0.2) is 33.2 Å². The normalized spacial score (nSPS) is 10.1. The maximum Gasteiger partial charge on any atom is 0.292 e. The number of carbonyl (C=O) groups excluding carboxylic acids is 2. The molecule has 0 aromatic carbocycles. The minimum atomic E-state index is -0.686. The molecule has 0 radical (unpaired) electrons. The summed E-state index contributed by atoms with van der Waals surface area (Å²) in [5.74, 6) is -0.833. The molecule has 6 nitrogen and oxygen atoms in total. The lowest BCUT2D eigenvalue weighted by Crippen LogP contribution is -2.22. The van der Waals surface area contributed by atoms with Crippen LogP contribution in [0.3, 0.4) is 0 Å². The van der Waals surface area contributed by atoms with Gasteiger partial charge in [0.05, 0.1) is 18.8 Å². The highest BCUT2D eigenvalue weighted by atomic mass is 16.3. The number of nitrogens with one attached hydrogen (secondary N) is 1. The molecule has 82 valence electrons. The minimum Gasteiger partial charge on any atom is -0.394 e. The van der Waals surface area contributed by atoms with Crippen molar-refractivity contribution in [3.63, 3.8) is 0 Å². The number of aryl methyl sites for hydroxylation is 1. The summed E-state index contributed by atoms with van der Waals surface area (Å²) in [6.45, 7) is 3.15. The van der Waals surface area contributed by atoms with Crippen molar-refractivity contribution in [2.45, 2.75) is 20.4 Å². The number of amides is 1. The molecule has 0 aliphatic heterocycles. The van der Waals surface area contributed by atoms with Gasteiger partial charge in [0, 0.05) is 13.0 Å². The van der Waals surface area contributed by atoms with E-state index in [9.17, 15) is 9.59 Å². The average Bonchev–Trinajstić information content (AvgIpc) is 2.47. The van der Waals surface area contributed by atoms with Gasteiger partial charge in [-0.2, -0.15) is 5.10 Å². The third-order valence-electron chi connectivity index (χ3n) is 1.78. The topological polar surface area (TPSA) is 84.2 Å². The number of aromatic nitrogens is 2. The highest BCUT2D eigenvalue weighted by Crippen LogP contribution is 2.09. The predicted molar refractivity (Wildman–Crippen MR) is 53.4 cm³/mol. The zero-order chi connectivity index (χ0) is 11.4. The van der Waals surface area contributed by atoms with Gasteiger partial charge in [-0.05, 0) is 6.92 Å². The fourth-order valence-electron chi connectivity index (χ4n) is 1.12. The molecule has 15 heavy (non-hydrogen) atoms. The Balaban J connectivity index is 2.83. The van der Waals surface area contributed by atoms with E-state index in [1.165, 1.54) is 11.6 Å². The Morgan fingerprint density at radius 3 is 2.80 bits per heavy atom. The molecule has 0 unspecified atom stereocenters. The second-order valence-electron chi connectivity index (χ2n) is 3.13. The van der Waals surface area contributed by atoms with Crippen LogP contribution in [0.4, 0.5) is 5.82 Å². The first-order chi connectivity index (χ1) is 7.04. The second-order valence-corrected chi connectivity index (χ2v) is 3.13. The van der Waals surface area contributed by atoms with Crippen LogP contribution in [0.2, 0.25) is 0 Å². The number of hydrogen-bond acceptors (Lipinski definition) is 4. The first-order valence-corrected chi connectivity index (χ1v) is 4.52. The number of carbonyl (C=O) groups is 2. The van der Waals surface area contributed by atoms with Gasteiger partial charge in [0.25, 0.3) is 5.91 Å². The molecular formula is C9H13N3O3. The monoisotopic (exact) mass is 211 g/mol. The number of nitrogens with zero attached hydrogens (tertiary/aromatic N) is 2. The molecule has 1 rings (SSSR count). The van der Waals surface area contributed by atoms with Crippen molar-refractivity contribution in [2.75, 3.05) is 11.9 Å². The van der Waals surface area contributed by atoms with Crippen LogP contribution >= 0.6 is 0 Å². The number of ketones is 1. The Morgan fingerprint density at radius 1 is 1.60 bits per heavy atom. The summed E-state index contributed by atoms with van der Waals surface area (Å²) >= 11 is 0. The number of Topliss-reactive ketones (excluding diaryl/α,β-unsaturated/α-hetero) is 1. The van der Waals surface area contributed by atoms with Gasteiger partial charge in [-0.1, -0.05) is 0 Å². The molecule has 0 atom stereocenters. The highest BCUT2D eigenvalue weighted by Gasteiger charge is 2.11. The van der Waals surface area contributed by atoms with Crippen LogP contribution in [0.15, 0.2) is 6.07 Å². The van der Waals surface area contributed by atoms with Crippen LogP contribution in [-0.2, 0) is 16.1 Å². The van der Waals surface area contributed by atoms with Gasteiger partial charge in [0.1, 0.15) is 5.82 Å². The van der Waals surface area contributed by atoms with Gasteiger partial charge < -0.3 is 10.4 Å². The molecule has 0 spiro atoms. The van der Waals surface area contributed by atoms with Crippen molar-refractivity contribution >= 4 is 17.5 Å². The van der Waals surface area contributed by atoms with Crippen molar-refractivity contribution in [3.8, 4) is 0 Å². The molecule has 2 N–H and O–H groups in total. The molecule has 0 bridgehead atoms. The number of aliphatic hydroxyl groups is 1. The van der Waals surface area contributed by atoms with E-state index >= 15 is 0 Å². The summed E-state index contributed by atoms with van der Waals surface area (Å²) in [5, 5.41) is 15.2. The summed E-state index contributed by atoms with van der Waals surface area (Å²) in [6.07, 6.45) is 0. The van der Waals surface area contributed by atoms with Crippen LogP contribution in [0, 0.1) is 6.92 Å². The first kappa shape index (κ1) is 11.4. The van der Waals surface area contributed by atoms with Crippen LogP contribution < -0.4 is 5.32 Å². The lowest BCUT2D eigenvalue weighted by molar-refractivity contribution is -0.133. The molecule has 1 aromatic rings. The quantitative estimate of drug-likeness (QED) is 0.670. The molecule has 0 fully saturated rings. The Labute approximate surface area is 86.9 Å². The fraction of sp³-hybridized carbons (Fsp3) is 0.444. The fourth-order valence-corrected chi connectivity index (χ4v) is 1.12. The van der Waals surface area contributed by atoms with Gasteiger partial charge in [0.15, 0.2) is 0 Å². The van der Waals surface area contributed by atoms with E-state index in [0.29, 0.717) is 11.5 Å². The molecule has 1 amide bonds. The van der Waals surface area contributed by atoms with E-state index in [4.69, 9.17) is 5.11 Å². The lowest BCUT2D eigenvalue weighted by Gasteiger charge is -2.05. The summed E-state index contributed by atoms with van der Waals surface area (Å²) in [7, 11) is 0. The summed E-state index contributed by atoms with van der Waals surface area (Å²) in [5.41, 5.74) is 0.710. The summed E-state index contributed by atoms with van der Waals surface area (Å²) in [4.78, 5) is 21.8. The Kier molecular flexibility index (Phi) is 3.56. The second kappa shape index (κ2) is 4.70. The van der Waals surface area contributed by atoms with Crippen molar-refractivity contribution in [1.29, 1.82) is 0 Å². The molecule has 1 heterocycles. The zero-order valence-electron chi connectivity index (χ0n) is 8.65.